The first kappa shape index (κ1) is 19.7. The third-order valence-electron chi connectivity index (χ3n) is 4.40. The zero-order valence-corrected chi connectivity index (χ0v) is 18.1. The second-order valence-corrected chi connectivity index (χ2v) is 9.40. The van der Waals surface area contributed by atoms with Crippen LogP contribution in [0.3, 0.4) is 0 Å². The summed E-state index contributed by atoms with van der Waals surface area (Å²) in [6, 6.07) is 8.44. The molecular formula is C21H26N3OS2+. The van der Waals surface area contributed by atoms with Gasteiger partial charge in [0.1, 0.15) is 11.6 Å². The van der Waals surface area contributed by atoms with E-state index in [1.807, 2.05) is 20.9 Å². The number of carbonyl (C=O) groups excluding carboxylic acids is 1. The molecule has 4 nitrogen and oxygen atoms in total. The number of anilines is 1. The van der Waals surface area contributed by atoms with Crippen molar-refractivity contribution >= 4 is 34.3 Å². The number of hydrogen-bond donors (Lipinski definition) is 2. The molecular weight excluding hydrogens is 374 g/mol. The van der Waals surface area contributed by atoms with Crippen LogP contribution >= 0.6 is 22.7 Å². The zero-order valence-electron chi connectivity index (χ0n) is 16.5. The first-order valence-electron chi connectivity index (χ1n) is 9.02. The van der Waals surface area contributed by atoms with E-state index in [1.165, 1.54) is 15.3 Å². The Morgan fingerprint density at radius 2 is 1.85 bits per heavy atom. The van der Waals surface area contributed by atoms with Crippen LogP contribution in [0.1, 0.15) is 26.6 Å². The minimum atomic E-state index is 0.0354. The molecule has 0 aliphatic carbocycles. The Labute approximate surface area is 168 Å². The van der Waals surface area contributed by atoms with Crippen molar-refractivity contribution in [3.05, 3.63) is 56.2 Å². The Kier molecular flexibility index (Phi) is 6.09. The van der Waals surface area contributed by atoms with Crippen LogP contribution < -0.4 is 10.2 Å². The lowest BCUT2D eigenvalue weighted by atomic mass is 10.1. The molecule has 0 saturated heterocycles. The summed E-state index contributed by atoms with van der Waals surface area (Å²) in [4.78, 5) is 20.8. The molecule has 2 N–H and O–H groups in total. The number of amides is 1. The Morgan fingerprint density at radius 1 is 1.15 bits per heavy atom. The summed E-state index contributed by atoms with van der Waals surface area (Å²) in [7, 11) is 2.03. The van der Waals surface area contributed by atoms with Gasteiger partial charge in [-0.3, -0.25) is 4.79 Å². The fraction of sp³-hybridized carbons (Fsp3) is 0.333. The van der Waals surface area contributed by atoms with Crippen LogP contribution in [0.15, 0.2) is 29.6 Å². The van der Waals surface area contributed by atoms with E-state index in [9.17, 15) is 4.79 Å². The van der Waals surface area contributed by atoms with Crippen molar-refractivity contribution in [2.24, 2.45) is 0 Å². The molecule has 3 aromatic rings. The highest BCUT2D eigenvalue weighted by Crippen LogP contribution is 2.28. The number of likely N-dealkylation sites (N-methyl/N-ethyl adjacent to an activating group) is 1. The van der Waals surface area contributed by atoms with E-state index >= 15 is 0 Å². The van der Waals surface area contributed by atoms with Gasteiger partial charge < -0.3 is 10.2 Å². The van der Waals surface area contributed by atoms with Gasteiger partial charge in [-0.25, -0.2) is 4.98 Å². The van der Waals surface area contributed by atoms with Crippen molar-refractivity contribution in [1.29, 1.82) is 0 Å². The number of benzene rings is 1. The van der Waals surface area contributed by atoms with E-state index in [0.29, 0.717) is 6.54 Å². The maximum atomic E-state index is 12.5. The first-order valence-corrected chi connectivity index (χ1v) is 10.7. The van der Waals surface area contributed by atoms with Gasteiger partial charge in [-0.05, 0) is 51.0 Å². The monoisotopic (exact) mass is 400 g/mol. The van der Waals surface area contributed by atoms with Crippen molar-refractivity contribution in [3.8, 4) is 10.6 Å². The summed E-state index contributed by atoms with van der Waals surface area (Å²) in [5.74, 6) is 0.0354. The summed E-state index contributed by atoms with van der Waals surface area (Å²) in [6.45, 7) is 9.41. The van der Waals surface area contributed by atoms with Crippen LogP contribution in [-0.2, 0) is 11.3 Å². The molecule has 27 heavy (non-hydrogen) atoms. The minimum Gasteiger partial charge on any atom is -0.324 e. The lowest BCUT2D eigenvalue weighted by Gasteiger charge is -2.15. The predicted molar refractivity (Wildman–Crippen MR) is 115 cm³/mol. The van der Waals surface area contributed by atoms with Gasteiger partial charge in [0.2, 0.25) is 0 Å². The summed E-state index contributed by atoms with van der Waals surface area (Å²) >= 11 is 3.42. The third-order valence-corrected chi connectivity index (χ3v) is 6.27. The van der Waals surface area contributed by atoms with E-state index in [-0.39, 0.29) is 5.91 Å². The second-order valence-electron chi connectivity index (χ2n) is 7.17. The minimum absolute atomic E-state index is 0.0354. The number of quaternary nitrogens is 1. The molecule has 0 saturated carbocycles. The Morgan fingerprint density at radius 3 is 2.48 bits per heavy atom. The van der Waals surface area contributed by atoms with Crippen molar-refractivity contribution in [1.82, 2.24) is 4.98 Å². The highest BCUT2D eigenvalue weighted by Gasteiger charge is 2.15. The van der Waals surface area contributed by atoms with Gasteiger partial charge in [0.25, 0.3) is 5.91 Å². The van der Waals surface area contributed by atoms with E-state index in [4.69, 9.17) is 4.98 Å². The van der Waals surface area contributed by atoms with Crippen LogP contribution in [0, 0.1) is 27.7 Å². The maximum absolute atomic E-state index is 12.5. The van der Waals surface area contributed by atoms with Crippen molar-refractivity contribution in [2.75, 3.05) is 18.9 Å². The lowest BCUT2D eigenvalue weighted by Crippen LogP contribution is -3.08. The molecule has 1 amide bonds. The molecule has 1 aromatic carbocycles. The van der Waals surface area contributed by atoms with Crippen molar-refractivity contribution in [2.45, 2.75) is 34.2 Å². The number of aryl methyl sites for hydroxylation is 4. The Balaban J connectivity index is 1.59. The van der Waals surface area contributed by atoms with E-state index in [2.05, 4.69) is 48.8 Å². The van der Waals surface area contributed by atoms with E-state index < -0.39 is 0 Å². The highest BCUT2D eigenvalue weighted by atomic mass is 32.1. The Bertz CT molecular complexity index is 935. The van der Waals surface area contributed by atoms with Gasteiger partial charge in [-0.15, -0.1) is 22.7 Å². The molecule has 6 heteroatoms. The summed E-state index contributed by atoms with van der Waals surface area (Å²) in [6.07, 6.45) is 0. The normalized spacial score (nSPS) is 12.2. The van der Waals surface area contributed by atoms with E-state index in [1.54, 1.807) is 22.7 Å². The van der Waals surface area contributed by atoms with Crippen molar-refractivity contribution < 1.29 is 9.69 Å². The molecule has 0 radical (unpaired) electrons. The third kappa shape index (κ3) is 5.03. The number of rotatable bonds is 6. The highest BCUT2D eigenvalue weighted by molar-refractivity contribution is 7.16. The molecule has 2 aromatic heterocycles. The van der Waals surface area contributed by atoms with E-state index in [0.717, 1.165) is 39.0 Å². The van der Waals surface area contributed by atoms with Crippen molar-refractivity contribution in [3.63, 3.8) is 0 Å². The maximum Gasteiger partial charge on any atom is 0.279 e. The average Bonchev–Trinajstić information content (AvgIpc) is 3.19. The molecule has 0 spiro atoms. The molecule has 0 aliphatic heterocycles. The second kappa shape index (κ2) is 8.33. The molecule has 1 unspecified atom stereocenters. The standard InChI is InChI=1S/C21H25N3OS2/c1-13-8-14(2)21(15(3)9-13)23-19(25)10-24(5)11-20-22-17(12-26-20)18-7-6-16(4)27-18/h6-9,12H,10-11H2,1-5H3,(H,23,25)/p+1. The number of hydrogen-bond acceptors (Lipinski definition) is 4. The first-order chi connectivity index (χ1) is 12.8. The molecule has 0 bridgehead atoms. The van der Waals surface area contributed by atoms with Gasteiger partial charge >= 0.3 is 0 Å². The number of nitrogens with zero attached hydrogens (tertiary/aromatic N) is 1. The fourth-order valence-electron chi connectivity index (χ4n) is 3.23. The van der Waals surface area contributed by atoms with Gasteiger partial charge in [0, 0.05) is 15.9 Å². The number of thiophene rings is 1. The van der Waals surface area contributed by atoms with Gasteiger partial charge in [0.05, 0.1) is 17.6 Å². The molecule has 0 fully saturated rings. The van der Waals surface area contributed by atoms with Crippen LogP contribution in [0.2, 0.25) is 0 Å². The topological polar surface area (TPSA) is 46.4 Å². The van der Waals surface area contributed by atoms with Crippen LogP contribution in [-0.4, -0.2) is 24.5 Å². The Hall–Kier alpha value is -2.02. The summed E-state index contributed by atoms with van der Waals surface area (Å²) in [5.41, 5.74) is 5.40. The summed E-state index contributed by atoms with van der Waals surface area (Å²) in [5, 5.41) is 6.24. The number of carbonyl (C=O) groups is 1. The smallest absolute Gasteiger partial charge is 0.279 e. The SMILES string of the molecule is Cc1cc(C)c(NC(=O)C[NH+](C)Cc2nc(-c3ccc(C)s3)cs2)c(C)c1. The van der Waals surface area contributed by atoms with Crippen LogP contribution in [0.5, 0.6) is 0 Å². The average molecular weight is 401 g/mol. The number of aromatic nitrogens is 1. The quantitative estimate of drug-likeness (QED) is 0.662. The fourth-order valence-corrected chi connectivity index (χ4v) is 5.04. The summed E-state index contributed by atoms with van der Waals surface area (Å²) < 4.78 is 0. The molecule has 3 rings (SSSR count). The molecule has 142 valence electrons. The lowest BCUT2D eigenvalue weighted by molar-refractivity contribution is -0.885. The molecule has 2 heterocycles. The largest absolute Gasteiger partial charge is 0.324 e. The van der Waals surface area contributed by atoms with Gasteiger partial charge in [-0.1, -0.05) is 17.7 Å². The number of nitrogens with one attached hydrogen (secondary N) is 2. The molecule has 1 atom stereocenters. The van der Waals surface area contributed by atoms with Gasteiger partial charge in [0.15, 0.2) is 6.54 Å². The number of thiazole rings is 1. The van der Waals surface area contributed by atoms with Crippen LogP contribution in [0.4, 0.5) is 5.69 Å². The van der Waals surface area contributed by atoms with Crippen LogP contribution in [0.25, 0.3) is 10.6 Å². The molecule has 0 aliphatic rings. The zero-order chi connectivity index (χ0) is 19.6. The van der Waals surface area contributed by atoms with Gasteiger partial charge in [-0.2, -0.15) is 0 Å². The predicted octanol–water partition coefficient (Wildman–Crippen LogP) is 3.76.